The number of rotatable bonds is 2. The Hall–Kier alpha value is -3.06. The van der Waals surface area contributed by atoms with E-state index in [1.54, 1.807) is 6.20 Å². The molecular weight excluding hydrogens is 328 g/mol. The van der Waals surface area contributed by atoms with Crippen molar-refractivity contribution in [3.05, 3.63) is 65.3 Å². The Labute approximate surface area is 151 Å². The SMILES string of the molecule is [O-][n+]1cc2nc(N3CCNCC3)cn2c2c1C(c1ccccc1)=CCN2. The maximum atomic E-state index is 12.8. The van der Waals surface area contributed by atoms with Crippen LogP contribution in [0.1, 0.15) is 11.3 Å². The van der Waals surface area contributed by atoms with Gasteiger partial charge in [0.15, 0.2) is 5.82 Å². The van der Waals surface area contributed by atoms with E-state index in [1.165, 1.54) is 0 Å². The summed E-state index contributed by atoms with van der Waals surface area (Å²) in [5.41, 5.74) is 3.30. The molecule has 0 saturated carbocycles. The predicted molar refractivity (Wildman–Crippen MR) is 101 cm³/mol. The van der Waals surface area contributed by atoms with Crippen LogP contribution in [-0.2, 0) is 0 Å². The van der Waals surface area contributed by atoms with Gasteiger partial charge in [0.2, 0.25) is 11.8 Å². The third-order valence-electron chi connectivity index (χ3n) is 5.00. The summed E-state index contributed by atoms with van der Waals surface area (Å²) in [4.78, 5) is 6.94. The van der Waals surface area contributed by atoms with Gasteiger partial charge in [-0.3, -0.25) is 4.40 Å². The Morgan fingerprint density at radius 2 is 1.92 bits per heavy atom. The van der Waals surface area contributed by atoms with E-state index in [1.807, 2.05) is 40.9 Å². The normalized spacial score (nSPS) is 16.9. The third-order valence-corrected chi connectivity index (χ3v) is 5.00. The molecule has 0 spiro atoms. The standard InChI is InChI=1S/C19H20N6O/c26-25-13-17-22-16(23-10-8-20-9-11-23)12-24(17)19-18(25)15(6-7-21-19)14-4-2-1-3-5-14/h1-6,12-13,20-21H,7-11H2. The number of nitrogens with zero attached hydrogens (tertiary/aromatic N) is 4. The molecule has 4 heterocycles. The van der Waals surface area contributed by atoms with Gasteiger partial charge in [-0.2, -0.15) is 4.73 Å². The van der Waals surface area contributed by atoms with Crippen molar-refractivity contribution in [1.29, 1.82) is 0 Å². The van der Waals surface area contributed by atoms with E-state index >= 15 is 0 Å². The van der Waals surface area contributed by atoms with Gasteiger partial charge >= 0.3 is 0 Å². The minimum atomic E-state index is 0.638. The van der Waals surface area contributed by atoms with Gasteiger partial charge in [-0.05, 0) is 5.56 Å². The van der Waals surface area contributed by atoms with Crippen molar-refractivity contribution < 1.29 is 4.73 Å². The van der Waals surface area contributed by atoms with Crippen LogP contribution in [0.4, 0.5) is 11.6 Å². The summed E-state index contributed by atoms with van der Waals surface area (Å²) in [7, 11) is 0. The smallest absolute Gasteiger partial charge is 0.265 e. The Morgan fingerprint density at radius 1 is 1.12 bits per heavy atom. The summed E-state index contributed by atoms with van der Waals surface area (Å²) in [5.74, 6) is 1.71. The van der Waals surface area contributed by atoms with Crippen LogP contribution in [-0.4, -0.2) is 42.1 Å². The van der Waals surface area contributed by atoms with Gasteiger partial charge in [-0.15, -0.1) is 0 Å². The predicted octanol–water partition coefficient (Wildman–Crippen LogP) is 1.23. The first-order chi connectivity index (χ1) is 12.8. The van der Waals surface area contributed by atoms with Crippen LogP contribution in [0, 0.1) is 5.21 Å². The second kappa shape index (κ2) is 6.03. The second-order valence-electron chi connectivity index (χ2n) is 6.58. The van der Waals surface area contributed by atoms with Crippen molar-refractivity contribution in [2.45, 2.75) is 0 Å². The Kier molecular flexibility index (Phi) is 3.53. The van der Waals surface area contributed by atoms with Gasteiger partial charge in [0.25, 0.3) is 5.69 Å². The van der Waals surface area contributed by atoms with Crippen molar-refractivity contribution in [2.75, 3.05) is 42.9 Å². The van der Waals surface area contributed by atoms with Gasteiger partial charge < -0.3 is 20.7 Å². The van der Waals surface area contributed by atoms with Crippen LogP contribution in [0.15, 0.2) is 48.8 Å². The molecule has 0 radical (unpaired) electrons. The molecule has 2 aromatic heterocycles. The van der Waals surface area contributed by atoms with Crippen molar-refractivity contribution in [1.82, 2.24) is 14.7 Å². The monoisotopic (exact) mass is 348 g/mol. The molecular formula is C19H20N6O. The fourth-order valence-electron chi connectivity index (χ4n) is 3.72. The maximum Gasteiger partial charge on any atom is 0.265 e. The molecule has 5 rings (SSSR count). The van der Waals surface area contributed by atoms with Crippen molar-refractivity contribution in [3.63, 3.8) is 0 Å². The van der Waals surface area contributed by atoms with Crippen LogP contribution in [0.3, 0.4) is 0 Å². The highest BCUT2D eigenvalue weighted by atomic mass is 16.5. The molecule has 1 saturated heterocycles. The molecule has 7 heteroatoms. The summed E-state index contributed by atoms with van der Waals surface area (Å²) >= 11 is 0. The fraction of sp³-hybridized carbons (Fsp3) is 0.263. The van der Waals surface area contributed by atoms with Crippen LogP contribution in [0.2, 0.25) is 0 Å². The molecule has 1 fully saturated rings. The number of fused-ring (bicyclic) bond motifs is 3. The van der Waals surface area contributed by atoms with Crippen molar-refractivity contribution >= 4 is 22.9 Å². The lowest BCUT2D eigenvalue weighted by atomic mass is 10.00. The van der Waals surface area contributed by atoms with Crippen LogP contribution in [0.25, 0.3) is 11.2 Å². The van der Waals surface area contributed by atoms with Gasteiger partial charge in [-0.1, -0.05) is 36.4 Å². The molecule has 7 nitrogen and oxygen atoms in total. The van der Waals surface area contributed by atoms with Crippen molar-refractivity contribution in [3.8, 4) is 0 Å². The first-order valence-corrected chi connectivity index (χ1v) is 8.92. The lowest BCUT2D eigenvalue weighted by Crippen LogP contribution is -2.43. The summed E-state index contributed by atoms with van der Waals surface area (Å²) in [6, 6.07) is 10.0. The number of nitrogens with one attached hydrogen (secondary N) is 2. The average Bonchev–Trinajstić information content (AvgIpc) is 3.13. The minimum absolute atomic E-state index is 0.638. The molecule has 132 valence electrons. The molecule has 0 unspecified atom stereocenters. The number of hydrogen-bond acceptors (Lipinski definition) is 5. The Morgan fingerprint density at radius 3 is 2.73 bits per heavy atom. The van der Waals surface area contributed by atoms with Crippen LogP contribution in [0.5, 0.6) is 0 Å². The van der Waals surface area contributed by atoms with Gasteiger partial charge in [0.05, 0.1) is 11.8 Å². The van der Waals surface area contributed by atoms with Crippen LogP contribution >= 0.6 is 0 Å². The number of aromatic nitrogens is 3. The zero-order valence-corrected chi connectivity index (χ0v) is 14.4. The van der Waals surface area contributed by atoms with E-state index in [9.17, 15) is 5.21 Å². The molecule has 0 atom stereocenters. The zero-order chi connectivity index (χ0) is 17.5. The number of hydrogen-bond donors (Lipinski definition) is 2. The summed E-state index contributed by atoms with van der Waals surface area (Å²) in [6.45, 7) is 4.43. The molecule has 2 aliphatic rings. The van der Waals surface area contributed by atoms with E-state index in [2.05, 4.69) is 26.6 Å². The molecule has 3 aromatic rings. The highest BCUT2D eigenvalue weighted by Gasteiger charge is 2.27. The lowest BCUT2D eigenvalue weighted by Gasteiger charge is -2.27. The topological polar surface area (TPSA) is 71.5 Å². The molecule has 26 heavy (non-hydrogen) atoms. The van der Waals surface area contributed by atoms with E-state index in [4.69, 9.17) is 0 Å². The number of benzene rings is 1. The molecule has 1 aromatic carbocycles. The van der Waals surface area contributed by atoms with E-state index in [0.717, 1.165) is 53.7 Å². The van der Waals surface area contributed by atoms with Gasteiger partial charge in [-0.25, -0.2) is 4.98 Å². The van der Waals surface area contributed by atoms with E-state index in [0.29, 0.717) is 17.9 Å². The molecule has 0 bridgehead atoms. The zero-order valence-electron chi connectivity index (χ0n) is 14.4. The van der Waals surface area contributed by atoms with Crippen molar-refractivity contribution in [2.24, 2.45) is 0 Å². The number of anilines is 2. The maximum absolute atomic E-state index is 12.8. The molecule has 2 aliphatic heterocycles. The number of imidazole rings is 1. The third kappa shape index (κ3) is 2.40. The Balaban J connectivity index is 1.65. The second-order valence-corrected chi connectivity index (χ2v) is 6.58. The Bertz CT molecular complexity index is 988. The molecule has 2 N–H and O–H groups in total. The summed E-state index contributed by atoms with van der Waals surface area (Å²) < 4.78 is 2.93. The lowest BCUT2D eigenvalue weighted by molar-refractivity contribution is -0.606. The molecule has 0 amide bonds. The van der Waals surface area contributed by atoms with Crippen LogP contribution < -0.4 is 20.3 Å². The highest BCUT2D eigenvalue weighted by molar-refractivity contribution is 5.84. The largest absolute Gasteiger partial charge is 0.618 e. The fourth-order valence-corrected chi connectivity index (χ4v) is 3.72. The average molecular weight is 348 g/mol. The quantitative estimate of drug-likeness (QED) is 0.538. The molecule has 0 aliphatic carbocycles. The van der Waals surface area contributed by atoms with Gasteiger partial charge in [0.1, 0.15) is 5.82 Å². The van der Waals surface area contributed by atoms with Gasteiger partial charge in [0, 0.05) is 32.7 Å². The van der Waals surface area contributed by atoms with E-state index < -0.39 is 0 Å². The first-order valence-electron chi connectivity index (χ1n) is 8.92. The highest BCUT2D eigenvalue weighted by Crippen LogP contribution is 2.31. The first kappa shape index (κ1) is 15.2. The summed E-state index contributed by atoms with van der Waals surface area (Å²) in [6.07, 6.45) is 5.65. The van der Waals surface area contributed by atoms with E-state index in [-0.39, 0.29) is 0 Å². The minimum Gasteiger partial charge on any atom is -0.618 e. The number of piperazine rings is 1. The summed E-state index contributed by atoms with van der Waals surface area (Å²) in [5, 5.41) is 19.5.